The molecule has 1 fully saturated rings. The van der Waals surface area contributed by atoms with Gasteiger partial charge in [-0.05, 0) is 30.5 Å². The van der Waals surface area contributed by atoms with Crippen LogP contribution in [0.4, 0.5) is 0 Å². The summed E-state index contributed by atoms with van der Waals surface area (Å²) in [5.41, 5.74) is 0.598. The van der Waals surface area contributed by atoms with Crippen molar-refractivity contribution < 1.29 is 19.2 Å². The summed E-state index contributed by atoms with van der Waals surface area (Å²) in [6, 6.07) is 16.0. The van der Waals surface area contributed by atoms with Crippen LogP contribution in [0.5, 0.6) is 0 Å². The smallest absolute Gasteiger partial charge is 0.329 e. The monoisotopic (exact) mass is 349 g/mol. The largest absolute Gasteiger partial charge is 0.343 e. The molecule has 0 N–H and O–H groups in total. The van der Waals surface area contributed by atoms with Crippen molar-refractivity contribution in [3.8, 4) is 0 Å². The Balaban J connectivity index is 1.64. The number of nitrogens with zero attached hydrogens (tertiary/aromatic N) is 1. The minimum absolute atomic E-state index is 0.266. The lowest BCUT2D eigenvalue weighted by atomic mass is 9.69. The Morgan fingerprint density at radius 3 is 1.92 bits per heavy atom. The molecule has 2 aliphatic rings. The molecule has 1 heterocycles. The van der Waals surface area contributed by atoms with Gasteiger partial charge in [0, 0.05) is 0 Å². The Morgan fingerprint density at radius 1 is 0.808 bits per heavy atom. The van der Waals surface area contributed by atoms with Crippen molar-refractivity contribution in [3.05, 3.63) is 71.3 Å². The highest BCUT2D eigenvalue weighted by atomic mass is 16.7. The highest BCUT2D eigenvalue weighted by Gasteiger charge is 2.47. The van der Waals surface area contributed by atoms with Gasteiger partial charge in [0.1, 0.15) is 0 Å². The third-order valence-corrected chi connectivity index (χ3v) is 5.36. The molecule has 0 atom stereocenters. The number of benzene rings is 2. The number of hydroxylamine groups is 2. The van der Waals surface area contributed by atoms with Crippen LogP contribution in [0.3, 0.4) is 0 Å². The van der Waals surface area contributed by atoms with Crippen molar-refractivity contribution in [2.45, 2.75) is 37.5 Å². The number of hydrogen-bond acceptors (Lipinski definition) is 4. The molecule has 2 aromatic carbocycles. The average Bonchev–Trinajstić information content (AvgIpc) is 2.94. The SMILES string of the molecule is O=C1c2ccccc2C(=O)N1OC(=O)C1(c2ccccc2)CCCCC1. The number of fused-ring (bicyclic) bond motifs is 1. The van der Waals surface area contributed by atoms with Gasteiger partial charge in [-0.3, -0.25) is 9.59 Å². The quantitative estimate of drug-likeness (QED) is 0.794. The Hall–Kier alpha value is -2.95. The molecule has 0 spiro atoms. The molecule has 0 unspecified atom stereocenters. The second-order valence-electron chi connectivity index (χ2n) is 6.84. The fourth-order valence-corrected chi connectivity index (χ4v) is 3.94. The molecule has 1 saturated carbocycles. The van der Waals surface area contributed by atoms with E-state index >= 15 is 0 Å². The highest BCUT2D eigenvalue weighted by molar-refractivity contribution is 6.21. The van der Waals surface area contributed by atoms with E-state index in [0.29, 0.717) is 17.9 Å². The molecule has 0 saturated heterocycles. The first-order valence-corrected chi connectivity index (χ1v) is 8.89. The van der Waals surface area contributed by atoms with E-state index in [1.54, 1.807) is 24.3 Å². The fraction of sp³-hybridized carbons (Fsp3) is 0.286. The van der Waals surface area contributed by atoms with Gasteiger partial charge in [0.25, 0.3) is 11.8 Å². The lowest BCUT2D eigenvalue weighted by molar-refractivity contribution is -0.177. The maximum absolute atomic E-state index is 13.2. The van der Waals surface area contributed by atoms with Crippen molar-refractivity contribution in [1.29, 1.82) is 0 Å². The molecule has 0 radical (unpaired) electrons. The summed E-state index contributed by atoms with van der Waals surface area (Å²) in [5, 5.41) is 0.617. The lowest BCUT2D eigenvalue weighted by Crippen LogP contribution is -2.44. The van der Waals surface area contributed by atoms with Gasteiger partial charge in [0.2, 0.25) is 0 Å². The maximum atomic E-state index is 13.2. The summed E-state index contributed by atoms with van der Waals surface area (Å²) in [6.07, 6.45) is 4.19. The van der Waals surface area contributed by atoms with Crippen LogP contribution in [-0.4, -0.2) is 22.8 Å². The van der Waals surface area contributed by atoms with Crippen molar-refractivity contribution in [2.75, 3.05) is 0 Å². The van der Waals surface area contributed by atoms with Crippen molar-refractivity contribution in [1.82, 2.24) is 5.06 Å². The van der Waals surface area contributed by atoms with Crippen LogP contribution in [0.2, 0.25) is 0 Å². The number of carbonyl (C=O) groups excluding carboxylic acids is 3. The van der Waals surface area contributed by atoms with Gasteiger partial charge >= 0.3 is 5.97 Å². The molecule has 5 heteroatoms. The van der Waals surface area contributed by atoms with E-state index < -0.39 is 23.2 Å². The zero-order chi connectivity index (χ0) is 18.1. The normalized spacial score (nSPS) is 18.5. The summed E-state index contributed by atoms with van der Waals surface area (Å²) in [6.45, 7) is 0. The minimum atomic E-state index is -0.811. The summed E-state index contributed by atoms with van der Waals surface area (Å²) >= 11 is 0. The zero-order valence-corrected chi connectivity index (χ0v) is 14.3. The second kappa shape index (κ2) is 6.41. The van der Waals surface area contributed by atoms with E-state index in [1.807, 2.05) is 30.3 Å². The number of amides is 2. The van der Waals surface area contributed by atoms with E-state index in [0.717, 1.165) is 24.8 Å². The van der Waals surface area contributed by atoms with E-state index in [2.05, 4.69) is 0 Å². The van der Waals surface area contributed by atoms with E-state index in [4.69, 9.17) is 4.84 Å². The van der Waals surface area contributed by atoms with Crippen molar-refractivity contribution in [2.24, 2.45) is 0 Å². The summed E-state index contributed by atoms with van der Waals surface area (Å²) in [5.74, 6) is -1.70. The van der Waals surface area contributed by atoms with E-state index in [1.165, 1.54) is 0 Å². The molecule has 0 aromatic heterocycles. The number of imide groups is 1. The van der Waals surface area contributed by atoms with E-state index in [-0.39, 0.29) is 11.1 Å². The fourth-order valence-electron chi connectivity index (χ4n) is 3.94. The first-order valence-electron chi connectivity index (χ1n) is 8.89. The third-order valence-electron chi connectivity index (χ3n) is 5.36. The first kappa shape index (κ1) is 16.5. The van der Waals surface area contributed by atoms with Crippen LogP contribution in [0.1, 0.15) is 58.4 Å². The predicted molar refractivity (Wildman–Crippen MR) is 94.2 cm³/mol. The standard InChI is InChI=1S/C21H19NO4/c23-18-16-11-5-6-12-17(16)19(24)22(18)26-20(25)21(13-7-2-8-14-21)15-9-3-1-4-10-15/h1,3-6,9-12H,2,7-8,13-14H2. The second-order valence-corrected chi connectivity index (χ2v) is 6.84. The zero-order valence-electron chi connectivity index (χ0n) is 14.3. The van der Waals surface area contributed by atoms with Gasteiger partial charge < -0.3 is 4.84 Å². The highest BCUT2D eigenvalue weighted by Crippen LogP contribution is 2.41. The Labute approximate surface area is 151 Å². The van der Waals surface area contributed by atoms with Crippen LogP contribution in [-0.2, 0) is 15.0 Å². The topological polar surface area (TPSA) is 63.7 Å². The molecule has 4 rings (SSSR count). The van der Waals surface area contributed by atoms with Gasteiger partial charge in [0.05, 0.1) is 16.5 Å². The van der Waals surface area contributed by atoms with Gasteiger partial charge in [-0.25, -0.2) is 4.79 Å². The molecule has 5 nitrogen and oxygen atoms in total. The van der Waals surface area contributed by atoms with Crippen LogP contribution in [0.15, 0.2) is 54.6 Å². The summed E-state index contributed by atoms with van der Waals surface area (Å²) in [7, 11) is 0. The van der Waals surface area contributed by atoms with Crippen molar-refractivity contribution >= 4 is 17.8 Å². The third kappa shape index (κ3) is 2.51. The molecule has 1 aliphatic heterocycles. The maximum Gasteiger partial charge on any atom is 0.343 e. The van der Waals surface area contributed by atoms with Crippen molar-refractivity contribution in [3.63, 3.8) is 0 Å². The predicted octanol–water partition coefficient (Wildman–Crippen LogP) is 3.64. The number of rotatable bonds is 3. The molecule has 1 aliphatic carbocycles. The molecule has 132 valence electrons. The molecule has 0 bridgehead atoms. The van der Waals surface area contributed by atoms with Crippen LogP contribution < -0.4 is 0 Å². The Morgan fingerprint density at radius 2 is 1.35 bits per heavy atom. The van der Waals surface area contributed by atoms with Gasteiger partial charge in [-0.1, -0.05) is 66.8 Å². The average molecular weight is 349 g/mol. The Bertz CT molecular complexity index is 834. The number of carbonyl (C=O) groups is 3. The van der Waals surface area contributed by atoms with Crippen LogP contribution >= 0.6 is 0 Å². The lowest BCUT2D eigenvalue weighted by Gasteiger charge is -2.35. The molecule has 26 heavy (non-hydrogen) atoms. The number of hydrogen-bond donors (Lipinski definition) is 0. The van der Waals surface area contributed by atoms with Gasteiger partial charge in [0.15, 0.2) is 0 Å². The molecule has 2 amide bonds. The minimum Gasteiger partial charge on any atom is -0.329 e. The van der Waals surface area contributed by atoms with Gasteiger partial charge in [-0.2, -0.15) is 0 Å². The van der Waals surface area contributed by atoms with E-state index in [9.17, 15) is 14.4 Å². The van der Waals surface area contributed by atoms with Crippen LogP contribution in [0.25, 0.3) is 0 Å². The molecular weight excluding hydrogens is 330 g/mol. The molecule has 2 aromatic rings. The summed E-state index contributed by atoms with van der Waals surface area (Å²) < 4.78 is 0. The van der Waals surface area contributed by atoms with Gasteiger partial charge in [-0.15, -0.1) is 0 Å². The Kier molecular flexibility index (Phi) is 4.07. The molecular formula is C21H19NO4. The summed E-state index contributed by atoms with van der Waals surface area (Å²) in [4.78, 5) is 43.5. The van der Waals surface area contributed by atoms with Crippen LogP contribution in [0, 0.1) is 0 Å². The first-order chi connectivity index (χ1) is 12.6.